The first kappa shape index (κ1) is 14.7. The van der Waals surface area contributed by atoms with Crippen molar-refractivity contribution in [2.75, 3.05) is 19.6 Å². The number of nitrogens with one attached hydrogen (secondary N) is 1. The lowest BCUT2D eigenvalue weighted by Gasteiger charge is -2.24. The van der Waals surface area contributed by atoms with Crippen LogP contribution in [0.4, 0.5) is 0 Å². The predicted molar refractivity (Wildman–Crippen MR) is 65.4 cm³/mol. The normalized spacial score (nSPS) is 19.7. The van der Waals surface area contributed by atoms with E-state index in [4.69, 9.17) is 0 Å². The molecule has 1 saturated heterocycles. The number of hydrogen-bond donors (Lipinski definition) is 1. The van der Waals surface area contributed by atoms with E-state index in [1.54, 1.807) is 0 Å². The van der Waals surface area contributed by atoms with E-state index in [1.165, 1.54) is 0 Å². The van der Waals surface area contributed by atoms with Crippen LogP contribution < -0.4 is 5.32 Å². The van der Waals surface area contributed by atoms with Gasteiger partial charge in [0, 0.05) is 13.1 Å². The zero-order valence-corrected chi connectivity index (χ0v) is 10.6. The molecule has 0 radical (unpaired) electrons. The maximum Gasteiger partial charge on any atom is 0.239 e. The van der Waals surface area contributed by atoms with E-state index in [0.29, 0.717) is 5.91 Å². The third kappa shape index (κ3) is 4.39. The highest BCUT2D eigenvalue weighted by Gasteiger charge is 2.25. The van der Waals surface area contributed by atoms with Gasteiger partial charge in [0.2, 0.25) is 5.91 Å². The molecule has 1 aliphatic heterocycles. The minimum absolute atomic E-state index is 0. The SMILES string of the molecule is CCCN(CCC)C(=O)C1CCCN1.Cl. The summed E-state index contributed by atoms with van der Waals surface area (Å²) in [6.45, 7) is 7.06. The van der Waals surface area contributed by atoms with Crippen LogP contribution in [-0.4, -0.2) is 36.5 Å². The average molecular weight is 235 g/mol. The lowest BCUT2D eigenvalue weighted by atomic mass is 10.2. The molecule has 1 aliphatic rings. The molecule has 15 heavy (non-hydrogen) atoms. The Morgan fingerprint density at radius 3 is 2.33 bits per heavy atom. The molecule has 4 heteroatoms. The van der Waals surface area contributed by atoms with Crippen molar-refractivity contribution in [3.63, 3.8) is 0 Å². The summed E-state index contributed by atoms with van der Waals surface area (Å²) < 4.78 is 0. The van der Waals surface area contributed by atoms with Gasteiger partial charge in [-0.15, -0.1) is 12.4 Å². The number of carbonyl (C=O) groups excluding carboxylic acids is 1. The van der Waals surface area contributed by atoms with Crippen molar-refractivity contribution in [2.24, 2.45) is 0 Å². The van der Waals surface area contributed by atoms with Gasteiger partial charge in [-0.2, -0.15) is 0 Å². The molecule has 0 aromatic heterocycles. The number of halogens is 1. The minimum Gasteiger partial charge on any atom is -0.341 e. The van der Waals surface area contributed by atoms with Gasteiger partial charge in [-0.25, -0.2) is 0 Å². The molecule has 1 rings (SSSR count). The van der Waals surface area contributed by atoms with Gasteiger partial charge in [0.25, 0.3) is 0 Å². The fourth-order valence-corrected chi connectivity index (χ4v) is 1.99. The first-order valence-electron chi connectivity index (χ1n) is 5.81. The van der Waals surface area contributed by atoms with Crippen molar-refractivity contribution >= 4 is 18.3 Å². The Labute approximate surface area is 99.0 Å². The quantitative estimate of drug-likeness (QED) is 0.787. The molecule has 0 bridgehead atoms. The van der Waals surface area contributed by atoms with Crippen LogP contribution >= 0.6 is 12.4 Å². The van der Waals surface area contributed by atoms with E-state index in [0.717, 1.165) is 45.3 Å². The van der Waals surface area contributed by atoms with E-state index >= 15 is 0 Å². The van der Waals surface area contributed by atoms with Gasteiger partial charge in [-0.3, -0.25) is 4.79 Å². The Morgan fingerprint density at radius 2 is 1.93 bits per heavy atom. The number of rotatable bonds is 5. The fraction of sp³-hybridized carbons (Fsp3) is 0.909. The molecule has 3 nitrogen and oxygen atoms in total. The molecule has 0 aromatic rings. The Kier molecular flexibility index (Phi) is 7.79. The Bertz CT molecular complexity index is 175. The van der Waals surface area contributed by atoms with Crippen LogP contribution in [0.15, 0.2) is 0 Å². The predicted octanol–water partition coefficient (Wildman–Crippen LogP) is 1.81. The molecule has 1 N–H and O–H groups in total. The molecule has 1 unspecified atom stereocenters. The van der Waals surface area contributed by atoms with Gasteiger partial charge in [0.05, 0.1) is 6.04 Å². The standard InChI is InChI=1S/C11H22N2O.ClH/c1-3-8-13(9-4-2)11(14)10-6-5-7-12-10;/h10,12H,3-9H2,1-2H3;1H. The fourth-order valence-electron chi connectivity index (χ4n) is 1.99. The van der Waals surface area contributed by atoms with Gasteiger partial charge in [-0.1, -0.05) is 13.8 Å². The van der Waals surface area contributed by atoms with Gasteiger partial charge >= 0.3 is 0 Å². The maximum absolute atomic E-state index is 12.0. The van der Waals surface area contributed by atoms with Crippen LogP contribution in [0.2, 0.25) is 0 Å². The summed E-state index contributed by atoms with van der Waals surface area (Å²) in [7, 11) is 0. The van der Waals surface area contributed by atoms with E-state index in [2.05, 4.69) is 19.2 Å². The summed E-state index contributed by atoms with van der Waals surface area (Å²) >= 11 is 0. The smallest absolute Gasteiger partial charge is 0.239 e. The largest absolute Gasteiger partial charge is 0.341 e. The minimum atomic E-state index is 0. The molecule has 1 heterocycles. The van der Waals surface area contributed by atoms with Crippen molar-refractivity contribution in [2.45, 2.75) is 45.6 Å². The average Bonchev–Trinajstić information content (AvgIpc) is 2.69. The molecule has 1 amide bonds. The molecule has 0 aliphatic carbocycles. The first-order valence-corrected chi connectivity index (χ1v) is 5.81. The van der Waals surface area contributed by atoms with Crippen molar-refractivity contribution in [1.82, 2.24) is 10.2 Å². The second-order valence-electron chi connectivity index (χ2n) is 3.97. The second kappa shape index (κ2) is 7.94. The molecular formula is C11H23ClN2O. The molecule has 0 aromatic carbocycles. The number of carbonyl (C=O) groups is 1. The van der Waals surface area contributed by atoms with Crippen LogP contribution in [0.25, 0.3) is 0 Å². The molecular weight excluding hydrogens is 212 g/mol. The van der Waals surface area contributed by atoms with Crippen molar-refractivity contribution < 1.29 is 4.79 Å². The third-order valence-corrected chi connectivity index (χ3v) is 2.66. The monoisotopic (exact) mass is 234 g/mol. The topological polar surface area (TPSA) is 32.3 Å². The van der Waals surface area contributed by atoms with Crippen LogP contribution in [0.1, 0.15) is 39.5 Å². The van der Waals surface area contributed by atoms with Crippen LogP contribution in [0.3, 0.4) is 0 Å². The van der Waals surface area contributed by atoms with Gasteiger partial charge in [0.1, 0.15) is 0 Å². The van der Waals surface area contributed by atoms with Gasteiger partial charge < -0.3 is 10.2 Å². The summed E-state index contributed by atoms with van der Waals surface area (Å²) in [4.78, 5) is 14.0. The van der Waals surface area contributed by atoms with Crippen molar-refractivity contribution in [3.05, 3.63) is 0 Å². The van der Waals surface area contributed by atoms with Crippen molar-refractivity contribution in [1.29, 1.82) is 0 Å². The molecule has 0 spiro atoms. The van der Waals surface area contributed by atoms with E-state index in [-0.39, 0.29) is 18.4 Å². The third-order valence-electron chi connectivity index (χ3n) is 2.66. The summed E-state index contributed by atoms with van der Waals surface area (Å²) in [6.07, 6.45) is 4.27. The Balaban J connectivity index is 0.00000196. The van der Waals surface area contributed by atoms with Crippen LogP contribution in [0.5, 0.6) is 0 Å². The highest BCUT2D eigenvalue weighted by molar-refractivity contribution is 5.85. The molecule has 0 saturated carbocycles. The zero-order chi connectivity index (χ0) is 10.4. The summed E-state index contributed by atoms with van der Waals surface area (Å²) in [6, 6.07) is 0.105. The Hall–Kier alpha value is -0.280. The highest BCUT2D eigenvalue weighted by atomic mass is 35.5. The van der Waals surface area contributed by atoms with Crippen LogP contribution in [0, 0.1) is 0 Å². The molecule has 90 valence electrons. The molecule has 1 fully saturated rings. The summed E-state index contributed by atoms with van der Waals surface area (Å²) in [5.41, 5.74) is 0. The first-order chi connectivity index (χ1) is 6.79. The lowest BCUT2D eigenvalue weighted by molar-refractivity contribution is -0.133. The van der Waals surface area contributed by atoms with Gasteiger partial charge in [0.15, 0.2) is 0 Å². The summed E-state index contributed by atoms with van der Waals surface area (Å²) in [5.74, 6) is 0.311. The second-order valence-corrected chi connectivity index (χ2v) is 3.97. The van der Waals surface area contributed by atoms with Crippen molar-refractivity contribution in [3.8, 4) is 0 Å². The van der Waals surface area contributed by atoms with E-state index in [1.807, 2.05) is 4.90 Å². The lowest BCUT2D eigenvalue weighted by Crippen LogP contribution is -2.44. The highest BCUT2D eigenvalue weighted by Crippen LogP contribution is 2.09. The maximum atomic E-state index is 12.0. The molecule has 1 atom stereocenters. The number of amides is 1. The summed E-state index contributed by atoms with van der Waals surface area (Å²) in [5, 5.41) is 3.26. The van der Waals surface area contributed by atoms with E-state index < -0.39 is 0 Å². The van der Waals surface area contributed by atoms with Gasteiger partial charge in [-0.05, 0) is 32.2 Å². The number of hydrogen-bond acceptors (Lipinski definition) is 2. The zero-order valence-electron chi connectivity index (χ0n) is 9.79. The van der Waals surface area contributed by atoms with Crippen LogP contribution in [-0.2, 0) is 4.79 Å². The number of nitrogens with zero attached hydrogens (tertiary/aromatic N) is 1. The van der Waals surface area contributed by atoms with E-state index in [9.17, 15) is 4.79 Å². The Morgan fingerprint density at radius 1 is 1.33 bits per heavy atom.